The number of rotatable bonds is 4. The molecule has 1 heterocycles. The Hall–Kier alpha value is -2.07. The van der Waals surface area contributed by atoms with E-state index in [1.54, 1.807) is 13.3 Å². The van der Waals surface area contributed by atoms with E-state index in [0.717, 1.165) is 16.9 Å². The van der Waals surface area contributed by atoms with Crippen molar-refractivity contribution in [2.75, 3.05) is 19.9 Å². The second-order valence-corrected chi connectivity index (χ2v) is 3.98. The lowest BCUT2D eigenvalue weighted by Gasteiger charge is -2.18. The van der Waals surface area contributed by atoms with Gasteiger partial charge < -0.3 is 15.8 Å². The van der Waals surface area contributed by atoms with E-state index in [9.17, 15) is 0 Å². The van der Waals surface area contributed by atoms with Gasteiger partial charge in [-0.15, -0.1) is 0 Å². The third-order valence-electron chi connectivity index (χ3n) is 2.90. The molecule has 1 aromatic carbocycles. The SMILES string of the molecule is CNC(c1cccc(OC)c1)c1cccnc1N. The van der Waals surface area contributed by atoms with Crippen molar-refractivity contribution in [2.45, 2.75) is 6.04 Å². The number of pyridine rings is 1. The Morgan fingerprint density at radius 2 is 2.11 bits per heavy atom. The minimum absolute atomic E-state index is 0.00815. The summed E-state index contributed by atoms with van der Waals surface area (Å²) in [7, 11) is 3.56. The lowest BCUT2D eigenvalue weighted by atomic mass is 9.99. The zero-order chi connectivity index (χ0) is 13.0. The second-order valence-electron chi connectivity index (χ2n) is 3.98. The molecule has 18 heavy (non-hydrogen) atoms. The largest absolute Gasteiger partial charge is 0.497 e. The molecule has 0 aliphatic rings. The number of hydrogen-bond donors (Lipinski definition) is 2. The molecule has 4 nitrogen and oxygen atoms in total. The molecule has 4 heteroatoms. The number of methoxy groups -OCH3 is 1. The number of ether oxygens (including phenoxy) is 1. The van der Waals surface area contributed by atoms with E-state index in [-0.39, 0.29) is 6.04 Å². The quantitative estimate of drug-likeness (QED) is 0.862. The molecule has 3 N–H and O–H groups in total. The third kappa shape index (κ3) is 2.43. The number of anilines is 1. The van der Waals surface area contributed by atoms with Gasteiger partial charge in [-0.05, 0) is 30.8 Å². The Balaban J connectivity index is 2.42. The lowest BCUT2D eigenvalue weighted by Crippen LogP contribution is -2.19. The summed E-state index contributed by atoms with van der Waals surface area (Å²) in [6.07, 6.45) is 1.69. The van der Waals surface area contributed by atoms with E-state index in [1.807, 2.05) is 43.4 Å². The standard InChI is InChI=1S/C14H17N3O/c1-16-13(12-7-4-8-17-14(12)15)10-5-3-6-11(9-10)18-2/h3-9,13,16H,1-2H3,(H2,15,17). The fourth-order valence-electron chi connectivity index (χ4n) is 2.00. The van der Waals surface area contributed by atoms with E-state index < -0.39 is 0 Å². The molecular formula is C14H17N3O. The summed E-state index contributed by atoms with van der Waals surface area (Å²) in [5.74, 6) is 1.37. The van der Waals surface area contributed by atoms with Crippen LogP contribution in [-0.4, -0.2) is 19.1 Å². The predicted molar refractivity (Wildman–Crippen MR) is 72.5 cm³/mol. The molecule has 1 aromatic heterocycles. The third-order valence-corrected chi connectivity index (χ3v) is 2.90. The highest BCUT2D eigenvalue weighted by Gasteiger charge is 2.15. The van der Waals surface area contributed by atoms with Crippen LogP contribution in [0.3, 0.4) is 0 Å². The van der Waals surface area contributed by atoms with Crippen molar-refractivity contribution in [1.29, 1.82) is 0 Å². The molecule has 1 atom stereocenters. The molecule has 2 rings (SSSR count). The number of benzene rings is 1. The maximum absolute atomic E-state index is 5.92. The van der Waals surface area contributed by atoms with Gasteiger partial charge in [0.1, 0.15) is 11.6 Å². The van der Waals surface area contributed by atoms with Gasteiger partial charge in [0.25, 0.3) is 0 Å². The van der Waals surface area contributed by atoms with Crippen LogP contribution in [0.5, 0.6) is 5.75 Å². The van der Waals surface area contributed by atoms with E-state index in [1.165, 1.54) is 0 Å². The topological polar surface area (TPSA) is 60.2 Å². The van der Waals surface area contributed by atoms with E-state index in [2.05, 4.69) is 10.3 Å². The van der Waals surface area contributed by atoms with Crippen LogP contribution in [0.4, 0.5) is 5.82 Å². The van der Waals surface area contributed by atoms with Gasteiger partial charge in [0.15, 0.2) is 0 Å². The first kappa shape index (κ1) is 12.4. The summed E-state index contributed by atoms with van der Waals surface area (Å²) in [5.41, 5.74) is 7.98. The normalized spacial score (nSPS) is 12.1. The molecule has 0 bridgehead atoms. The number of nitrogens with one attached hydrogen (secondary N) is 1. The molecule has 0 radical (unpaired) electrons. The molecule has 0 spiro atoms. The van der Waals surface area contributed by atoms with Crippen LogP contribution in [0.15, 0.2) is 42.6 Å². The zero-order valence-corrected chi connectivity index (χ0v) is 10.6. The van der Waals surface area contributed by atoms with Crippen LogP contribution >= 0.6 is 0 Å². The first-order valence-electron chi connectivity index (χ1n) is 5.78. The van der Waals surface area contributed by atoms with Gasteiger partial charge in [-0.2, -0.15) is 0 Å². The second kappa shape index (κ2) is 5.51. The molecular weight excluding hydrogens is 226 g/mol. The Morgan fingerprint density at radius 1 is 1.28 bits per heavy atom. The predicted octanol–water partition coefficient (Wildman–Crippen LogP) is 1.98. The van der Waals surface area contributed by atoms with Crippen molar-refractivity contribution < 1.29 is 4.74 Å². The first-order valence-corrected chi connectivity index (χ1v) is 5.78. The molecule has 2 aromatic rings. The fraction of sp³-hybridized carbons (Fsp3) is 0.214. The van der Waals surface area contributed by atoms with Crippen LogP contribution in [0, 0.1) is 0 Å². The highest BCUT2D eigenvalue weighted by atomic mass is 16.5. The zero-order valence-electron chi connectivity index (χ0n) is 10.6. The number of nitrogen functional groups attached to an aromatic ring is 1. The van der Waals surface area contributed by atoms with Crippen LogP contribution in [0.2, 0.25) is 0 Å². The van der Waals surface area contributed by atoms with Crippen molar-refractivity contribution in [2.24, 2.45) is 0 Å². The molecule has 1 unspecified atom stereocenters. The fourth-order valence-corrected chi connectivity index (χ4v) is 2.00. The van der Waals surface area contributed by atoms with Crippen LogP contribution in [0.1, 0.15) is 17.2 Å². The molecule has 94 valence electrons. The lowest BCUT2D eigenvalue weighted by molar-refractivity contribution is 0.414. The maximum atomic E-state index is 5.92. The smallest absolute Gasteiger partial charge is 0.128 e. The maximum Gasteiger partial charge on any atom is 0.128 e. The van der Waals surface area contributed by atoms with Crippen molar-refractivity contribution in [3.05, 3.63) is 53.7 Å². The summed E-state index contributed by atoms with van der Waals surface area (Å²) in [6.45, 7) is 0. The number of nitrogens with two attached hydrogens (primary N) is 1. The first-order chi connectivity index (χ1) is 8.76. The highest BCUT2D eigenvalue weighted by molar-refractivity contribution is 5.46. The summed E-state index contributed by atoms with van der Waals surface area (Å²) >= 11 is 0. The molecule has 0 aliphatic heterocycles. The van der Waals surface area contributed by atoms with Gasteiger partial charge in [-0.1, -0.05) is 18.2 Å². The monoisotopic (exact) mass is 243 g/mol. The van der Waals surface area contributed by atoms with Crippen molar-refractivity contribution in [3.8, 4) is 5.75 Å². The van der Waals surface area contributed by atoms with Gasteiger partial charge >= 0.3 is 0 Å². The molecule has 0 saturated heterocycles. The summed E-state index contributed by atoms with van der Waals surface area (Å²) in [5, 5.41) is 3.25. The Labute approximate surface area is 107 Å². The van der Waals surface area contributed by atoms with Crippen LogP contribution in [0.25, 0.3) is 0 Å². The Bertz CT molecular complexity index is 528. The minimum Gasteiger partial charge on any atom is -0.497 e. The number of hydrogen-bond acceptors (Lipinski definition) is 4. The van der Waals surface area contributed by atoms with Crippen molar-refractivity contribution in [1.82, 2.24) is 10.3 Å². The molecule has 0 saturated carbocycles. The Morgan fingerprint density at radius 3 is 2.78 bits per heavy atom. The summed E-state index contributed by atoms with van der Waals surface area (Å²) < 4.78 is 5.24. The number of aromatic nitrogens is 1. The van der Waals surface area contributed by atoms with E-state index in [0.29, 0.717) is 5.82 Å². The van der Waals surface area contributed by atoms with Crippen molar-refractivity contribution >= 4 is 5.82 Å². The average molecular weight is 243 g/mol. The van der Waals surface area contributed by atoms with Crippen LogP contribution in [-0.2, 0) is 0 Å². The minimum atomic E-state index is 0.00815. The summed E-state index contributed by atoms with van der Waals surface area (Å²) in [6, 6.07) is 11.8. The van der Waals surface area contributed by atoms with Gasteiger partial charge in [0.2, 0.25) is 0 Å². The molecule has 0 aliphatic carbocycles. The molecule has 0 amide bonds. The number of nitrogens with zero attached hydrogens (tertiary/aromatic N) is 1. The Kier molecular flexibility index (Phi) is 3.79. The van der Waals surface area contributed by atoms with E-state index in [4.69, 9.17) is 10.5 Å². The average Bonchev–Trinajstić information content (AvgIpc) is 2.42. The highest BCUT2D eigenvalue weighted by Crippen LogP contribution is 2.27. The van der Waals surface area contributed by atoms with Crippen molar-refractivity contribution in [3.63, 3.8) is 0 Å². The van der Waals surface area contributed by atoms with Gasteiger partial charge in [-0.25, -0.2) is 4.98 Å². The van der Waals surface area contributed by atoms with E-state index >= 15 is 0 Å². The summed E-state index contributed by atoms with van der Waals surface area (Å²) in [4.78, 5) is 4.12. The van der Waals surface area contributed by atoms with Gasteiger partial charge in [-0.3, -0.25) is 0 Å². The van der Waals surface area contributed by atoms with Gasteiger partial charge in [0.05, 0.1) is 13.2 Å². The van der Waals surface area contributed by atoms with Crippen LogP contribution < -0.4 is 15.8 Å². The molecule has 0 fully saturated rings. The van der Waals surface area contributed by atoms with Gasteiger partial charge in [0, 0.05) is 11.8 Å².